The van der Waals surface area contributed by atoms with Crippen LogP contribution in [0.3, 0.4) is 0 Å². The Morgan fingerprint density at radius 1 is 0.966 bits per heavy atom. The van der Waals surface area contributed by atoms with Gasteiger partial charge in [0.05, 0.1) is 0 Å². The van der Waals surface area contributed by atoms with Gasteiger partial charge in [-0.15, -0.1) is 6.58 Å². The van der Waals surface area contributed by atoms with Crippen LogP contribution in [0.2, 0.25) is 5.02 Å². The van der Waals surface area contributed by atoms with Gasteiger partial charge in [-0.2, -0.15) is 0 Å². The standard InChI is InChI=1S/C25H22ClNO2/c1-2-15-27(16-18-11-13-19(26)14-12-18)25(28)29-17-24-22-9-5-3-7-20(22)21-8-4-6-10-23(21)24/h2-14,24H,1,15-17H2. The molecule has 3 nitrogen and oxygen atoms in total. The Hall–Kier alpha value is -3.04. The van der Waals surface area contributed by atoms with Crippen LogP contribution in [0.25, 0.3) is 11.1 Å². The van der Waals surface area contributed by atoms with Crippen LogP contribution in [0.15, 0.2) is 85.5 Å². The summed E-state index contributed by atoms with van der Waals surface area (Å²) in [6.07, 6.45) is 1.36. The Balaban J connectivity index is 1.49. The minimum absolute atomic E-state index is 0.0486. The average molecular weight is 404 g/mol. The highest BCUT2D eigenvalue weighted by Crippen LogP contribution is 2.44. The summed E-state index contributed by atoms with van der Waals surface area (Å²) in [6, 6.07) is 24.1. The zero-order valence-corrected chi connectivity index (χ0v) is 16.8. The van der Waals surface area contributed by atoms with Gasteiger partial charge in [-0.05, 0) is 39.9 Å². The van der Waals surface area contributed by atoms with Crippen LogP contribution < -0.4 is 0 Å². The molecule has 0 aromatic heterocycles. The lowest BCUT2D eigenvalue weighted by Gasteiger charge is -2.22. The van der Waals surface area contributed by atoms with Gasteiger partial charge in [0.15, 0.2) is 0 Å². The first-order chi connectivity index (χ1) is 14.2. The number of amides is 1. The number of rotatable bonds is 6. The van der Waals surface area contributed by atoms with Crippen LogP contribution in [0, 0.1) is 0 Å². The highest BCUT2D eigenvalue weighted by Gasteiger charge is 2.29. The van der Waals surface area contributed by atoms with Crippen LogP contribution in [0.4, 0.5) is 4.79 Å². The largest absolute Gasteiger partial charge is 0.448 e. The number of fused-ring (bicyclic) bond motifs is 3. The van der Waals surface area contributed by atoms with E-state index in [1.54, 1.807) is 11.0 Å². The van der Waals surface area contributed by atoms with E-state index in [2.05, 4.69) is 30.8 Å². The van der Waals surface area contributed by atoms with Crippen molar-refractivity contribution < 1.29 is 9.53 Å². The summed E-state index contributed by atoms with van der Waals surface area (Å²) in [5.74, 6) is 0.0486. The maximum absolute atomic E-state index is 12.8. The Kier molecular flexibility index (Phi) is 5.68. The summed E-state index contributed by atoms with van der Waals surface area (Å²) in [4.78, 5) is 14.5. The van der Waals surface area contributed by atoms with Gasteiger partial charge in [0, 0.05) is 24.0 Å². The lowest BCUT2D eigenvalue weighted by Crippen LogP contribution is -2.32. The number of ether oxygens (including phenoxy) is 1. The second kappa shape index (κ2) is 8.54. The minimum atomic E-state index is -0.346. The Morgan fingerprint density at radius 2 is 1.55 bits per heavy atom. The van der Waals surface area contributed by atoms with E-state index in [0.717, 1.165) is 5.56 Å². The van der Waals surface area contributed by atoms with Gasteiger partial charge in [-0.3, -0.25) is 0 Å². The van der Waals surface area contributed by atoms with Crippen molar-refractivity contribution in [3.63, 3.8) is 0 Å². The van der Waals surface area contributed by atoms with Crippen molar-refractivity contribution >= 4 is 17.7 Å². The van der Waals surface area contributed by atoms with Gasteiger partial charge < -0.3 is 9.64 Å². The predicted octanol–water partition coefficient (Wildman–Crippen LogP) is 6.28. The molecule has 3 aromatic rings. The molecule has 146 valence electrons. The maximum atomic E-state index is 12.8. The lowest BCUT2D eigenvalue weighted by atomic mass is 9.98. The number of halogens is 1. The van der Waals surface area contributed by atoms with E-state index in [4.69, 9.17) is 16.3 Å². The Bertz CT molecular complexity index is 984. The smallest absolute Gasteiger partial charge is 0.410 e. The third-order valence-corrected chi connectivity index (χ3v) is 5.48. The predicted molar refractivity (Wildman–Crippen MR) is 117 cm³/mol. The van der Waals surface area contributed by atoms with Crippen molar-refractivity contribution in [3.8, 4) is 11.1 Å². The molecule has 0 aliphatic heterocycles. The molecule has 4 rings (SSSR count). The van der Waals surface area contributed by atoms with E-state index in [0.29, 0.717) is 24.7 Å². The molecule has 0 saturated heterocycles. The minimum Gasteiger partial charge on any atom is -0.448 e. The molecule has 29 heavy (non-hydrogen) atoms. The van der Waals surface area contributed by atoms with E-state index >= 15 is 0 Å². The number of carbonyl (C=O) groups is 1. The van der Waals surface area contributed by atoms with E-state index in [9.17, 15) is 4.79 Å². The molecule has 0 unspecified atom stereocenters. The SMILES string of the molecule is C=CCN(Cc1ccc(Cl)cc1)C(=O)OCC1c2ccccc2-c2ccccc21. The van der Waals surface area contributed by atoms with E-state index in [1.165, 1.54) is 22.3 Å². The fourth-order valence-electron chi connectivity index (χ4n) is 3.85. The van der Waals surface area contributed by atoms with E-state index in [1.807, 2.05) is 48.5 Å². The third-order valence-electron chi connectivity index (χ3n) is 5.23. The fourth-order valence-corrected chi connectivity index (χ4v) is 3.98. The van der Waals surface area contributed by atoms with Crippen molar-refractivity contribution in [1.29, 1.82) is 0 Å². The van der Waals surface area contributed by atoms with Crippen LogP contribution in [0.5, 0.6) is 0 Å². The first kappa shape index (κ1) is 19.3. The number of hydrogen-bond acceptors (Lipinski definition) is 2. The third kappa shape index (κ3) is 4.06. The zero-order valence-electron chi connectivity index (χ0n) is 16.1. The fraction of sp³-hybridized carbons (Fsp3) is 0.160. The van der Waals surface area contributed by atoms with Crippen LogP contribution in [0.1, 0.15) is 22.6 Å². The molecule has 0 bridgehead atoms. The average Bonchev–Trinajstić information content (AvgIpc) is 3.07. The van der Waals surface area contributed by atoms with E-state index in [-0.39, 0.29) is 12.0 Å². The summed E-state index contributed by atoms with van der Waals surface area (Å²) < 4.78 is 5.76. The maximum Gasteiger partial charge on any atom is 0.410 e. The van der Waals surface area contributed by atoms with Gasteiger partial charge in [0.2, 0.25) is 0 Å². The first-order valence-corrected chi connectivity index (χ1v) is 10.0. The number of carbonyl (C=O) groups excluding carboxylic acids is 1. The van der Waals surface area contributed by atoms with Gasteiger partial charge in [0.1, 0.15) is 6.61 Å². The van der Waals surface area contributed by atoms with Crippen molar-refractivity contribution in [3.05, 3.63) is 107 Å². The second-order valence-corrected chi connectivity index (χ2v) is 7.54. The van der Waals surface area contributed by atoms with Crippen LogP contribution in [-0.2, 0) is 11.3 Å². The Morgan fingerprint density at radius 3 is 2.14 bits per heavy atom. The molecule has 1 aliphatic rings. The summed E-state index contributed by atoms with van der Waals surface area (Å²) in [5.41, 5.74) is 5.83. The van der Waals surface area contributed by atoms with Crippen molar-refractivity contribution in [2.24, 2.45) is 0 Å². The molecule has 0 atom stereocenters. The second-order valence-electron chi connectivity index (χ2n) is 7.10. The lowest BCUT2D eigenvalue weighted by molar-refractivity contribution is 0.101. The molecule has 4 heteroatoms. The van der Waals surface area contributed by atoms with Crippen molar-refractivity contribution in [2.75, 3.05) is 13.2 Å². The Labute approximate surface area is 176 Å². The topological polar surface area (TPSA) is 29.5 Å². The molecule has 0 N–H and O–H groups in total. The van der Waals surface area contributed by atoms with Gasteiger partial charge >= 0.3 is 6.09 Å². The highest BCUT2D eigenvalue weighted by molar-refractivity contribution is 6.30. The molecule has 1 aliphatic carbocycles. The van der Waals surface area contributed by atoms with Gasteiger partial charge in [0.25, 0.3) is 0 Å². The normalized spacial score (nSPS) is 12.2. The van der Waals surface area contributed by atoms with Gasteiger partial charge in [-0.25, -0.2) is 4.79 Å². The summed E-state index contributed by atoms with van der Waals surface area (Å²) in [5, 5.41) is 0.671. The number of hydrogen-bond donors (Lipinski definition) is 0. The summed E-state index contributed by atoms with van der Waals surface area (Å²) in [6.45, 7) is 4.93. The molecule has 1 amide bonds. The molecule has 0 saturated carbocycles. The molecular weight excluding hydrogens is 382 g/mol. The summed E-state index contributed by atoms with van der Waals surface area (Å²) in [7, 11) is 0. The molecule has 0 fully saturated rings. The molecule has 3 aromatic carbocycles. The van der Waals surface area contributed by atoms with Crippen molar-refractivity contribution in [2.45, 2.75) is 12.5 Å². The molecular formula is C25H22ClNO2. The quantitative estimate of drug-likeness (QED) is 0.453. The van der Waals surface area contributed by atoms with Gasteiger partial charge in [-0.1, -0.05) is 78.3 Å². The van der Waals surface area contributed by atoms with Crippen LogP contribution >= 0.6 is 11.6 Å². The summed E-state index contributed by atoms with van der Waals surface area (Å²) >= 11 is 5.96. The highest BCUT2D eigenvalue weighted by atomic mass is 35.5. The van der Waals surface area contributed by atoms with E-state index < -0.39 is 0 Å². The molecule has 0 heterocycles. The number of nitrogens with zero attached hydrogens (tertiary/aromatic N) is 1. The van der Waals surface area contributed by atoms with Crippen molar-refractivity contribution in [1.82, 2.24) is 4.90 Å². The first-order valence-electron chi connectivity index (χ1n) is 9.62. The molecule has 0 radical (unpaired) electrons. The monoisotopic (exact) mass is 403 g/mol. The molecule has 0 spiro atoms. The van der Waals surface area contributed by atoms with Crippen LogP contribution in [-0.4, -0.2) is 24.1 Å². The number of benzene rings is 3. The zero-order chi connectivity index (χ0) is 20.2.